The molecule has 142 valence electrons. The van der Waals surface area contributed by atoms with Gasteiger partial charge in [0.1, 0.15) is 0 Å². The van der Waals surface area contributed by atoms with E-state index in [-0.39, 0.29) is 6.54 Å². The first-order valence-corrected chi connectivity index (χ1v) is 7.90. The molecule has 0 saturated carbocycles. The number of hydrogen-bond donors (Lipinski definition) is 2. The number of hydrazone groups is 1. The van der Waals surface area contributed by atoms with Crippen molar-refractivity contribution in [2.45, 2.75) is 6.54 Å². The topological polar surface area (TPSA) is 111 Å². The Morgan fingerprint density at radius 2 is 1.78 bits per heavy atom. The van der Waals surface area contributed by atoms with Crippen molar-refractivity contribution >= 4 is 18.0 Å². The summed E-state index contributed by atoms with van der Waals surface area (Å²) in [6.45, 7) is 0.143. The highest BCUT2D eigenvalue weighted by Gasteiger charge is 2.14. The quantitative estimate of drug-likeness (QED) is 0.424. The number of ether oxygens (including phenoxy) is 3. The van der Waals surface area contributed by atoms with Crippen LogP contribution in [0.25, 0.3) is 0 Å². The van der Waals surface area contributed by atoms with Crippen LogP contribution in [-0.4, -0.2) is 44.3 Å². The van der Waals surface area contributed by atoms with E-state index in [1.165, 1.54) is 27.5 Å². The van der Waals surface area contributed by atoms with Crippen molar-refractivity contribution in [1.29, 1.82) is 0 Å². The molecule has 0 fully saturated rings. The third kappa shape index (κ3) is 5.43. The normalized spacial score (nSPS) is 10.3. The zero-order chi connectivity index (χ0) is 19.6. The highest BCUT2D eigenvalue weighted by Crippen LogP contribution is 2.37. The van der Waals surface area contributed by atoms with Crippen LogP contribution < -0.4 is 25.0 Å². The molecule has 9 nitrogen and oxygen atoms in total. The summed E-state index contributed by atoms with van der Waals surface area (Å²) in [4.78, 5) is 27.6. The highest BCUT2D eigenvalue weighted by atomic mass is 16.5. The summed E-state index contributed by atoms with van der Waals surface area (Å²) in [5.74, 6) is -0.386. The van der Waals surface area contributed by atoms with Gasteiger partial charge in [0.2, 0.25) is 5.75 Å². The molecule has 0 aliphatic heterocycles. The number of amides is 2. The number of benzene rings is 1. The molecule has 1 aromatic carbocycles. The fourth-order valence-corrected chi connectivity index (χ4v) is 2.15. The minimum Gasteiger partial charge on any atom is -0.493 e. The maximum Gasteiger partial charge on any atom is 0.329 e. The summed E-state index contributed by atoms with van der Waals surface area (Å²) in [6.07, 6.45) is 2.96. The Hall–Kier alpha value is -3.62. The number of hydrogen-bond acceptors (Lipinski definition) is 7. The lowest BCUT2D eigenvalue weighted by atomic mass is 10.2. The Labute approximate surface area is 156 Å². The second-order valence-corrected chi connectivity index (χ2v) is 5.16. The molecule has 0 atom stereocenters. The number of nitrogens with zero attached hydrogens (tertiary/aromatic N) is 2. The number of rotatable bonds is 7. The Kier molecular flexibility index (Phi) is 7.12. The van der Waals surface area contributed by atoms with Crippen molar-refractivity contribution in [3.05, 3.63) is 47.8 Å². The maximum absolute atomic E-state index is 11.8. The van der Waals surface area contributed by atoms with E-state index in [1.807, 2.05) is 0 Å². The van der Waals surface area contributed by atoms with Gasteiger partial charge in [-0.15, -0.1) is 0 Å². The second-order valence-electron chi connectivity index (χ2n) is 5.16. The van der Waals surface area contributed by atoms with E-state index < -0.39 is 11.8 Å². The number of carbonyl (C=O) groups is 2. The molecule has 2 aromatic rings. The van der Waals surface area contributed by atoms with Crippen LogP contribution in [0.4, 0.5) is 0 Å². The Bertz CT molecular complexity index is 799. The fourth-order valence-electron chi connectivity index (χ4n) is 2.15. The standard InChI is InChI=1S/C18H20N4O5/c1-25-14-8-12(9-15(26-2)16(14)27-3)10-21-22-18(24)17(23)20-11-13-6-4-5-7-19-13/h4-10H,11H2,1-3H3,(H,20,23)(H,22,24)/b21-10-. The van der Waals surface area contributed by atoms with Crippen LogP contribution in [0.2, 0.25) is 0 Å². The molecule has 2 N–H and O–H groups in total. The van der Waals surface area contributed by atoms with Gasteiger partial charge in [0.25, 0.3) is 0 Å². The Morgan fingerprint density at radius 1 is 1.07 bits per heavy atom. The van der Waals surface area contributed by atoms with Crippen LogP contribution in [0, 0.1) is 0 Å². The van der Waals surface area contributed by atoms with Crippen molar-refractivity contribution in [1.82, 2.24) is 15.7 Å². The average molecular weight is 372 g/mol. The minimum absolute atomic E-state index is 0.143. The van der Waals surface area contributed by atoms with E-state index >= 15 is 0 Å². The molecule has 0 unspecified atom stereocenters. The van der Waals surface area contributed by atoms with E-state index in [1.54, 1.807) is 36.5 Å². The van der Waals surface area contributed by atoms with Gasteiger partial charge in [-0.3, -0.25) is 14.6 Å². The maximum atomic E-state index is 11.8. The van der Waals surface area contributed by atoms with Gasteiger partial charge in [-0.05, 0) is 24.3 Å². The molecule has 2 rings (SSSR count). The molecule has 1 heterocycles. The van der Waals surface area contributed by atoms with Crippen molar-refractivity contribution < 1.29 is 23.8 Å². The van der Waals surface area contributed by atoms with Gasteiger partial charge in [0.15, 0.2) is 11.5 Å². The van der Waals surface area contributed by atoms with E-state index in [0.717, 1.165) is 0 Å². The smallest absolute Gasteiger partial charge is 0.329 e. The van der Waals surface area contributed by atoms with Crippen molar-refractivity contribution in [3.8, 4) is 17.2 Å². The van der Waals surface area contributed by atoms with Gasteiger partial charge in [-0.1, -0.05) is 6.07 Å². The predicted molar refractivity (Wildman–Crippen MR) is 97.9 cm³/mol. The first-order chi connectivity index (χ1) is 13.1. The monoisotopic (exact) mass is 372 g/mol. The zero-order valence-corrected chi connectivity index (χ0v) is 15.2. The van der Waals surface area contributed by atoms with Gasteiger partial charge >= 0.3 is 11.8 Å². The highest BCUT2D eigenvalue weighted by molar-refractivity contribution is 6.35. The molecule has 0 spiro atoms. The molecule has 0 saturated heterocycles. The van der Waals surface area contributed by atoms with Crippen molar-refractivity contribution in [2.24, 2.45) is 5.10 Å². The lowest BCUT2D eigenvalue weighted by Crippen LogP contribution is -2.37. The molecule has 1 aromatic heterocycles. The lowest BCUT2D eigenvalue weighted by molar-refractivity contribution is -0.139. The van der Waals surface area contributed by atoms with Gasteiger partial charge in [-0.2, -0.15) is 5.10 Å². The van der Waals surface area contributed by atoms with E-state index in [2.05, 4.69) is 20.8 Å². The van der Waals surface area contributed by atoms with Crippen LogP contribution in [0.5, 0.6) is 17.2 Å². The van der Waals surface area contributed by atoms with Gasteiger partial charge in [0, 0.05) is 11.8 Å². The molecule has 0 aliphatic rings. The van der Waals surface area contributed by atoms with Gasteiger partial charge < -0.3 is 19.5 Å². The molecule has 9 heteroatoms. The predicted octanol–water partition coefficient (Wildman–Crippen LogP) is 0.874. The third-order valence-corrected chi connectivity index (χ3v) is 3.43. The summed E-state index contributed by atoms with van der Waals surface area (Å²) >= 11 is 0. The van der Waals surface area contributed by atoms with Gasteiger partial charge in [-0.25, -0.2) is 5.43 Å². The minimum atomic E-state index is -0.894. The summed E-state index contributed by atoms with van der Waals surface area (Å²) in [6, 6.07) is 8.59. The van der Waals surface area contributed by atoms with E-state index in [4.69, 9.17) is 14.2 Å². The summed E-state index contributed by atoms with van der Waals surface area (Å²) in [5.41, 5.74) is 3.38. The molecule has 0 bridgehead atoms. The van der Waals surface area contributed by atoms with Crippen molar-refractivity contribution in [2.75, 3.05) is 21.3 Å². The molecular formula is C18H20N4O5. The molecular weight excluding hydrogens is 352 g/mol. The first-order valence-electron chi connectivity index (χ1n) is 7.90. The van der Waals surface area contributed by atoms with E-state index in [9.17, 15) is 9.59 Å². The SMILES string of the molecule is COc1cc(/C=N\NC(=O)C(=O)NCc2ccccn2)cc(OC)c1OC. The third-order valence-electron chi connectivity index (χ3n) is 3.43. The first kappa shape index (κ1) is 19.7. The van der Waals surface area contributed by atoms with Crippen LogP contribution in [0.1, 0.15) is 11.3 Å². The fraction of sp³-hybridized carbons (Fsp3) is 0.222. The number of aromatic nitrogens is 1. The number of nitrogens with one attached hydrogen (secondary N) is 2. The van der Waals surface area contributed by atoms with E-state index in [0.29, 0.717) is 28.5 Å². The molecule has 0 aliphatic carbocycles. The summed E-state index contributed by atoms with van der Waals surface area (Å²) in [5, 5.41) is 6.23. The molecule has 2 amide bonds. The molecule has 0 radical (unpaired) electrons. The van der Waals surface area contributed by atoms with Gasteiger partial charge in [0.05, 0.1) is 39.8 Å². The summed E-state index contributed by atoms with van der Waals surface area (Å²) < 4.78 is 15.7. The lowest BCUT2D eigenvalue weighted by Gasteiger charge is -2.12. The second kappa shape index (κ2) is 9.76. The van der Waals surface area contributed by atoms with Crippen LogP contribution in [0.3, 0.4) is 0 Å². The number of pyridine rings is 1. The average Bonchev–Trinajstić information content (AvgIpc) is 2.71. The largest absolute Gasteiger partial charge is 0.493 e. The number of methoxy groups -OCH3 is 3. The Morgan fingerprint density at radius 3 is 2.33 bits per heavy atom. The van der Waals surface area contributed by atoms with Crippen LogP contribution in [-0.2, 0) is 16.1 Å². The zero-order valence-electron chi connectivity index (χ0n) is 15.2. The summed E-state index contributed by atoms with van der Waals surface area (Å²) in [7, 11) is 4.48. The van der Waals surface area contributed by atoms with Crippen LogP contribution in [0.15, 0.2) is 41.6 Å². The number of carbonyl (C=O) groups excluding carboxylic acids is 2. The Balaban J connectivity index is 1.95. The van der Waals surface area contributed by atoms with Crippen LogP contribution >= 0.6 is 0 Å². The van der Waals surface area contributed by atoms with Crippen molar-refractivity contribution in [3.63, 3.8) is 0 Å². The molecule has 27 heavy (non-hydrogen) atoms.